The summed E-state index contributed by atoms with van der Waals surface area (Å²) in [4.78, 5) is 23.4. The molecule has 0 bridgehead atoms. The molecule has 0 saturated carbocycles. The van der Waals surface area contributed by atoms with Gasteiger partial charge in [-0.05, 0) is 31.4 Å². The summed E-state index contributed by atoms with van der Waals surface area (Å²) in [5.74, 6) is -0.983. The number of carboxylic acids is 1. The number of hydrogen-bond donors (Lipinski definition) is 1. The van der Waals surface area contributed by atoms with E-state index < -0.39 is 16.9 Å². The minimum absolute atomic E-state index is 0.185. The Hall–Kier alpha value is -2.62. The fraction of sp³-hybridized carbons (Fsp3) is 0.385. The first-order valence-electron chi connectivity index (χ1n) is 6.22. The number of anilines is 1. The number of rotatable bonds is 3. The second-order valence-electron chi connectivity index (χ2n) is 4.62. The van der Waals surface area contributed by atoms with Gasteiger partial charge in [0.15, 0.2) is 0 Å². The van der Waals surface area contributed by atoms with Crippen LogP contribution in [0.15, 0.2) is 18.2 Å². The molecule has 7 nitrogen and oxygen atoms in total. The zero-order valence-corrected chi connectivity index (χ0v) is 10.7. The summed E-state index contributed by atoms with van der Waals surface area (Å²) in [5.41, 5.74) is 0.225. The molecule has 1 aliphatic rings. The number of aliphatic carboxylic acids is 1. The molecule has 0 amide bonds. The smallest absolute Gasteiger partial charge is 0.326 e. The zero-order chi connectivity index (χ0) is 14.7. The Balaban J connectivity index is 2.47. The van der Waals surface area contributed by atoms with Gasteiger partial charge in [0.25, 0.3) is 5.69 Å². The summed E-state index contributed by atoms with van der Waals surface area (Å²) in [5, 5.41) is 29.2. The number of nitro benzene ring substituents is 1. The molecule has 1 N–H and O–H groups in total. The first kappa shape index (κ1) is 13.8. The topological polar surface area (TPSA) is 107 Å². The molecule has 1 unspecified atom stereocenters. The maximum absolute atomic E-state index is 11.3. The normalized spacial score (nSPS) is 18.4. The summed E-state index contributed by atoms with van der Waals surface area (Å²) >= 11 is 0. The highest BCUT2D eigenvalue weighted by Gasteiger charge is 2.32. The Labute approximate surface area is 115 Å². The largest absolute Gasteiger partial charge is 0.480 e. The van der Waals surface area contributed by atoms with E-state index >= 15 is 0 Å². The molecule has 1 fully saturated rings. The predicted octanol–water partition coefficient (Wildman–Crippen LogP) is 1.91. The quantitative estimate of drug-likeness (QED) is 0.666. The summed E-state index contributed by atoms with van der Waals surface area (Å²) in [6.07, 6.45) is 2.05. The highest BCUT2D eigenvalue weighted by atomic mass is 16.6. The Morgan fingerprint density at radius 1 is 1.50 bits per heavy atom. The molecule has 0 spiro atoms. The van der Waals surface area contributed by atoms with Crippen molar-refractivity contribution in [3.8, 4) is 6.07 Å². The maximum atomic E-state index is 11.3. The minimum atomic E-state index is -0.983. The molecule has 0 aromatic heterocycles. The lowest BCUT2D eigenvalue weighted by Crippen LogP contribution is -2.45. The third-order valence-electron chi connectivity index (χ3n) is 3.40. The van der Waals surface area contributed by atoms with Gasteiger partial charge in [-0.25, -0.2) is 4.79 Å². The number of benzene rings is 1. The van der Waals surface area contributed by atoms with Gasteiger partial charge in [-0.15, -0.1) is 0 Å². The number of nitrogens with zero attached hydrogens (tertiary/aromatic N) is 3. The van der Waals surface area contributed by atoms with Crippen molar-refractivity contribution in [3.05, 3.63) is 33.9 Å². The fourth-order valence-corrected chi connectivity index (χ4v) is 2.46. The first-order valence-corrected chi connectivity index (χ1v) is 6.22. The number of carbonyl (C=O) groups is 1. The van der Waals surface area contributed by atoms with Crippen LogP contribution >= 0.6 is 0 Å². The second-order valence-corrected chi connectivity index (χ2v) is 4.62. The summed E-state index contributed by atoms with van der Waals surface area (Å²) in [6.45, 7) is 0.462. The van der Waals surface area contributed by atoms with Crippen LogP contribution in [0.4, 0.5) is 11.4 Å². The van der Waals surface area contributed by atoms with E-state index in [0.717, 1.165) is 12.8 Å². The van der Waals surface area contributed by atoms with Crippen LogP contribution in [0.25, 0.3) is 0 Å². The lowest BCUT2D eigenvalue weighted by molar-refractivity contribution is -0.384. The van der Waals surface area contributed by atoms with Crippen LogP contribution < -0.4 is 4.90 Å². The molecule has 20 heavy (non-hydrogen) atoms. The number of carboxylic acid groups (broad SMARTS) is 1. The summed E-state index contributed by atoms with van der Waals surface area (Å²) < 4.78 is 0. The van der Waals surface area contributed by atoms with E-state index in [9.17, 15) is 20.0 Å². The molecule has 1 saturated heterocycles. The first-order chi connectivity index (χ1) is 9.54. The van der Waals surface area contributed by atoms with Gasteiger partial charge in [-0.1, -0.05) is 0 Å². The van der Waals surface area contributed by atoms with Crippen LogP contribution in [-0.2, 0) is 4.79 Å². The van der Waals surface area contributed by atoms with E-state index in [1.807, 2.05) is 6.07 Å². The van der Waals surface area contributed by atoms with Crippen molar-refractivity contribution in [1.29, 1.82) is 5.26 Å². The van der Waals surface area contributed by atoms with E-state index in [1.165, 1.54) is 18.2 Å². The van der Waals surface area contributed by atoms with Gasteiger partial charge >= 0.3 is 5.97 Å². The van der Waals surface area contributed by atoms with Crippen molar-refractivity contribution in [2.75, 3.05) is 11.4 Å². The molecule has 1 aromatic carbocycles. The predicted molar refractivity (Wildman–Crippen MR) is 70.4 cm³/mol. The third-order valence-corrected chi connectivity index (χ3v) is 3.40. The molecule has 0 radical (unpaired) electrons. The standard InChI is InChI=1S/C13H13N3O4/c14-8-9-4-5-10(12(7-9)16(19)20)15-6-2-1-3-11(15)13(17)18/h4-5,7,11H,1-3,6H2,(H,17,18). The van der Waals surface area contributed by atoms with Crippen LogP contribution in [0.2, 0.25) is 0 Å². The highest BCUT2D eigenvalue weighted by molar-refractivity contribution is 5.80. The van der Waals surface area contributed by atoms with Gasteiger partial charge < -0.3 is 10.0 Å². The van der Waals surface area contributed by atoms with Crippen LogP contribution in [0.3, 0.4) is 0 Å². The van der Waals surface area contributed by atoms with Crippen molar-refractivity contribution in [1.82, 2.24) is 0 Å². The number of piperidine rings is 1. The molecule has 104 valence electrons. The Morgan fingerprint density at radius 3 is 2.85 bits per heavy atom. The van der Waals surface area contributed by atoms with Crippen molar-refractivity contribution < 1.29 is 14.8 Å². The molecular weight excluding hydrogens is 262 g/mol. The molecule has 7 heteroatoms. The van der Waals surface area contributed by atoms with E-state index in [4.69, 9.17) is 5.26 Å². The Morgan fingerprint density at radius 2 is 2.25 bits per heavy atom. The number of nitriles is 1. The zero-order valence-electron chi connectivity index (χ0n) is 10.7. The van der Waals surface area contributed by atoms with Crippen LogP contribution in [0.5, 0.6) is 0 Å². The second kappa shape index (κ2) is 5.57. The monoisotopic (exact) mass is 275 g/mol. The average Bonchev–Trinajstić information content (AvgIpc) is 2.46. The average molecular weight is 275 g/mol. The molecular formula is C13H13N3O4. The maximum Gasteiger partial charge on any atom is 0.326 e. The lowest BCUT2D eigenvalue weighted by Gasteiger charge is -2.34. The Kier molecular flexibility index (Phi) is 3.84. The lowest BCUT2D eigenvalue weighted by atomic mass is 10.0. The molecule has 2 rings (SSSR count). The van der Waals surface area contributed by atoms with Crippen molar-refractivity contribution in [2.24, 2.45) is 0 Å². The fourth-order valence-electron chi connectivity index (χ4n) is 2.46. The van der Waals surface area contributed by atoms with E-state index in [-0.39, 0.29) is 16.9 Å². The van der Waals surface area contributed by atoms with Gasteiger partial charge in [0.2, 0.25) is 0 Å². The summed E-state index contributed by atoms with van der Waals surface area (Å²) in [7, 11) is 0. The SMILES string of the molecule is N#Cc1ccc(N2CCCCC2C(=O)O)c([N+](=O)[O-])c1. The minimum Gasteiger partial charge on any atom is -0.480 e. The van der Waals surface area contributed by atoms with Crippen LogP contribution in [0, 0.1) is 21.4 Å². The molecule has 1 heterocycles. The molecule has 1 aromatic rings. The molecule has 1 atom stereocenters. The van der Waals surface area contributed by atoms with Gasteiger partial charge in [-0.3, -0.25) is 10.1 Å². The summed E-state index contributed by atoms with van der Waals surface area (Å²) in [6, 6.07) is 5.20. The van der Waals surface area contributed by atoms with Crippen molar-refractivity contribution >= 4 is 17.3 Å². The number of nitro groups is 1. The van der Waals surface area contributed by atoms with Gasteiger partial charge in [0.05, 0.1) is 16.6 Å². The highest BCUT2D eigenvalue weighted by Crippen LogP contribution is 2.33. The number of hydrogen-bond acceptors (Lipinski definition) is 5. The molecule has 0 aliphatic carbocycles. The van der Waals surface area contributed by atoms with Crippen LogP contribution in [-0.4, -0.2) is 28.6 Å². The van der Waals surface area contributed by atoms with Crippen LogP contribution in [0.1, 0.15) is 24.8 Å². The Bertz CT molecular complexity index is 594. The van der Waals surface area contributed by atoms with E-state index in [0.29, 0.717) is 13.0 Å². The van der Waals surface area contributed by atoms with Gasteiger partial charge in [-0.2, -0.15) is 5.26 Å². The van der Waals surface area contributed by atoms with E-state index in [2.05, 4.69) is 0 Å². The third kappa shape index (κ3) is 2.54. The van der Waals surface area contributed by atoms with Crippen molar-refractivity contribution in [2.45, 2.75) is 25.3 Å². The van der Waals surface area contributed by atoms with Gasteiger partial charge in [0, 0.05) is 12.6 Å². The van der Waals surface area contributed by atoms with Gasteiger partial charge in [0.1, 0.15) is 11.7 Å². The van der Waals surface area contributed by atoms with E-state index in [1.54, 1.807) is 4.90 Å². The molecule has 1 aliphatic heterocycles. The van der Waals surface area contributed by atoms with Crippen molar-refractivity contribution in [3.63, 3.8) is 0 Å².